The molecule has 1 saturated carbocycles. The lowest BCUT2D eigenvalue weighted by Crippen LogP contribution is -2.56. The van der Waals surface area contributed by atoms with E-state index in [4.69, 9.17) is 11.3 Å². The second kappa shape index (κ2) is 6.64. The van der Waals surface area contributed by atoms with E-state index in [1.807, 2.05) is 6.92 Å². The Bertz CT molecular complexity index is 685. The molecule has 2 unspecified atom stereocenters. The van der Waals surface area contributed by atoms with Gasteiger partial charge in [-0.15, -0.1) is 0 Å². The van der Waals surface area contributed by atoms with E-state index in [1.54, 1.807) is 45.0 Å². The molecule has 5 nitrogen and oxygen atoms in total. The first-order valence-electron chi connectivity index (χ1n) is 8.21. The van der Waals surface area contributed by atoms with E-state index in [0.29, 0.717) is 17.7 Å². The van der Waals surface area contributed by atoms with Crippen LogP contribution >= 0.6 is 0 Å². The molecule has 1 N–H and O–H groups in total. The molecule has 1 aliphatic carbocycles. The summed E-state index contributed by atoms with van der Waals surface area (Å²) >= 11 is 0. The highest BCUT2D eigenvalue weighted by molar-refractivity contribution is 5.95. The lowest BCUT2D eigenvalue weighted by Gasteiger charge is -2.40. The minimum atomic E-state index is -1.12. The summed E-state index contributed by atoms with van der Waals surface area (Å²) in [4.78, 5) is 28.8. The van der Waals surface area contributed by atoms with Gasteiger partial charge in [0.25, 0.3) is 0 Å². The average Bonchev–Trinajstić information content (AvgIpc) is 2.50. The third-order valence-electron chi connectivity index (χ3n) is 4.24. The van der Waals surface area contributed by atoms with E-state index in [1.165, 1.54) is 0 Å². The van der Waals surface area contributed by atoms with Gasteiger partial charge in [-0.05, 0) is 45.6 Å². The molecule has 0 spiro atoms. The van der Waals surface area contributed by atoms with Crippen LogP contribution < -0.4 is 5.32 Å². The van der Waals surface area contributed by atoms with Gasteiger partial charge in [0.05, 0.1) is 6.57 Å². The summed E-state index contributed by atoms with van der Waals surface area (Å²) < 4.78 is 5.36. The first-order chi connectivity index (χ1) is 11.2. The van der Waals surface area contributed by atoms with Gasteiger partial charge in [0.1, 0.15) is 11.1 Å². The van der Waals surface area contributed by atoms with Crippen LogP contribution in [0.2, 0.25) is 0 Å². The summed E-state index contributed by atoms with van der Waals surface area (Å²) in [5.41, 5.74) is -0.671. The molecule has 1 aromatic carbocycles. The quantitative estimate of drug-likeness (QED) is 0.821. The predicted octanol–water partition coefficient (Wildman–Crippen LogP) is 4.35. The van der Waals surface area contributed by atoms with Crippen molar-refractivity contribution in [3.63, 3.8) is 0 Å². The van der Waals surface area contributed by atoms with Gasteiger partial charge in [-0.2, -0.15) is 0 Å². The van der Waals surface area contributed by atoms with E-state index in [0.717, 1.165) is 12.8 Å². The van der Waals surface area contributed by atoms with Crippen molar-refractivity contribution in [3.8, 4) is 0 Å². The lowest BCUT2D eigenvalue weighted by molar-refractivity contribution is -0.132. The number of ketones is 1. The van der Waals surface area contributed by atoms with E-state index < -0.39 is 17.2 Å². The number of nitrogens with one attached hydrogen (secondary N) is 1. The van der Waals surface area contributed by atoms with Gasteiger partial charge >= 0.3 is 6.09 Å². The van der Waals surface area contributed by atoms with Crippen LogP contribution in [-0.4, -0.2) is 17.5 Å². The van der Waals surface area contributed by atoms with Crippen LogP contribution in [0.5, 0.6) is 0 Å². The van der Waals surface area contributed by atoms with Gasteiger partial charge in [-0.3, -0.25) is 4.79 Å². The molecule has 0 bridgehead atoms. The van der Waals surface area contributed by atoms with Crippen LogP contribution in [0.25, 0.3) is 4.85 Å². The van der Waals surface area contributed by atoms with Gasteiger partial charge in [0.15, 0.2) is 11.5 Å². The Morgan fingerprint density at radius 2 is 2.12 bits per heavy atom. The fourth-order valence-electron chi connectivity index (χ4n) is 3.15. The molecule has 0 saturated heterocycles. The standard InChI is InChI=1S/C19H24N2O3/c1-13-8-7-11-19(16(13)22,21-17(23)24-18(2,3)4)14-9-6-10-15(12-14)20-5/h6,9-10,12-13H,7-8,11H2,1-4H3,(H,21,23). The molecule has 24 heavy (non-hydrogen) atoms. The number of hydrogen-bond donors (Lipinski definition) is 1. The number of alkyl carbamates (subject to hydrolysis) is 1. The normalized spacial score (nSPS) is 24.1. The Morgan fingerprint density at radius 3 is 2.75 bits per heavy atom. The minimum Gasteiger partial charge on any atom is -0.444 e. The largest absolute Gasteiger partial charge is 0.444 e. The van der Waals surface area contributed by atoms with Crippen molar-refractivity contribution in [2.75, 3.05) is 0 Å². The summed E-state index contributed by atoms with van der Waals surface area (Å²) in [6.07, 6.45) is 1.53. The second-order valence-corrected chi connectivity index (χ2v) is 7.35. The number of carbonyl (C=O) groups is 2. The Labute approximate surface area is 143 Å². The summed E-state index contributed by atoms with van der Waals surface area (Å²) in [5, 5.41) is 2.82. The van der Waals surface area contributed by atoms with Crippen LogP contribution in [0, 0.1) is 12.5 Å². The van der Waals surface area contributed by atoms with E-state index >= 15 is 0 Å². The van der Waals surface area contributed by atoms with Crippen molar-refractivity contribution in [1.29, 1.82) is 0 Å². The van der Waals surface area contributed by atoms with Crippen LogP contribution in [0.1, 0.15) is 52.5 Å². The zero-order chi connectivity index (χ0) is 18.0. The maximum atomic E-state index is 13.0. The van der Waals surface area contributed by atoms with Crippen LogP contribution in [0.4, 0.5) is 10.5 Å². The van der Waals surface area contributed by atoms with Crippen molar-refractivity contribution < 1.29 is 14.3 Å². The molecule has 2 rings (SSSR count). The Balaban J connectivity index is 2.44. The van der Waals surface area contributed by atoms with Crippen molar-refractivity contribution in [3.05, 3.63) is 41.2 Å². The predicted molar refractivity (Wildman–Crippen MR) is 91.8 cm³/mol. The van der Waals surface area contributed by atoms with Gasteiger partial charge in [-0.25, -0.2) is 9.64 Å². The summed E-state index contributed by atoms with van der Waals surface area (Å²) in [5.74, 6) is -0.174. The van der Waals surface area contributed by atoms with Crippen molar-refractivity contribution in [1.82, 2.24) is 5.32 Å². The molecule has 1 fully saturated rings. The number of ether oxygens (including phenoxy) is 1. The SMILES string of the molecule is [C-]#[N+]c1cccc(C2(NC(=O)OC(C)(C)C)CCCC(C)C2=O)c1. The van der Waals surface area contributed by atoms with Gasteiger partial charge < -0.3 is 10.1 Å². The molecule has 0 aliphatic heterocycles. The van der Waals surface area contributed by atoms with Crippen LogP contribution in [-0.2, 0) is 15.1 Å². The third-order valence-corrected chi connectivity index (χ3v) is 4.24. The first kappa shape index (κ1) is 18.0. The third kappa shape index (κ3) is 3.76. The maximum Gasteiger partial charge on any atom is 0.408 e. The lowest BCUT2D eigenvalue weighted by atomic mass is 9.71. The number of benzene rings is 1. The fourth-order valence-corrected chi connectivity index (χ4v) is 3.15. The number of hydrogen-bond acceptors (Lipinski definition) is 3. The average molecular weight is 328 g/mol. The number of Topliss-reactive ketones (excluding diaryl/α,β-unsaturated/α-hetero) is 1. The van der Waals surface area contributed by atoms with Gasteiger partial charge in [0, 0.05) is 5.92 Å². The summed E-state index contributed by atoms with van der Waals surface area (Å²) in [7, 11) is 0. The van der Waals surface area contributed by atoms with Gasteiger partial charge in [-0.1, -0.05) is 31.2 Å². The molecule has 0 radical (unpaired) electrons. The monoisotopic (exact) mass is 328 g/mol. The summed E-state index contributed by atoms with van der Waals surface area (Å²) in [6, 6.07) is 6.91. The van der Waals surface area contributed by atoms with Crippen LogP contribution in [0.3, 0.4) is 0 Å². The molecular weight excluding hydrogens is 304 g/mol. The molecule has 0 heterocycles. The number of carbonyl (C=O) groups excluding carboxylic acids is 2. The zero-order valence-electron chi connectivity index (χ0n) is 14.7. The molecule has 0 aromatic heterocycles. The molecular formula is C19H24N2O3. The Hall–Kier alpha value is -2.35. The molecule has 2 atom stereocenters. The van der Waals surface area contributed by atoms with Crippen molar-refractivity contribution >= 4 is 17.6 Å². The molecule has 1 aliphatic rings. The Morgan fingerprint density at radius 1 is 1.42 bits per heavy atom. The van der Waals surface area contributed by atoms with E-state index in [-0.39, 0.29) is 11.7 Å². The Kier molecular flexibility index (Phi) is 4.98. The summed E-state index contributed by atoms with van der Waals surface area (Å²) in [6.45, 7) is 14.4. The molecule has 1 aromatic rings. The number of amides is 1. The molecule has 5 heteroatoms. The van der Waals surface area contributed by atoms with E-state index in [9.17, 15) is 9.59 Å². The molecule has 1 amide bonds. The highest BCUT2D eigenvalue weighted by Crippen LogP contribution is 2.38. The zero-order valence-corrected chi connectivity index (χ0v) is 14.7. The maximum absolute atomic E-state index is 13.0. The van der Waals surface area contributed by atoms with Crippen molar-refractivity contribution in [2.45, 2.75) is 58.1 Å². The first-order valence-corrected chi connectivity index (χ1v) is 8.21. The highest BCUT2D eigenvalue weighted by atomic mass is 16.6. The molecule has 128 valence electrons. The smallest absolute Gasteiger partial charge is 0.408 e. The minimum absolute atomic E-state index is 0.0262. The highest BCUT2D eigenvalue weighted by Gasteiger charge is 2.46. The number of rotatable bonds is 2. The topological polar surface area (TPSA) is 59.8 Å². The van der Waals surface area contributed by atoms with Crippen LogP contribution in [0.15, 0.2) is 24.3 Å². The second-order valence-electron chi connectivity index (χ2n) is 7.35. The van der Waals surface area contributed by atoms with E-state index in [2.05, 4.69) is 10.2 Å². The fraction of sp³-hybridized carbons (Fsp3) is 0.526. The van der Waals surface area contributed by atoms with Crippen molar-refractivity contribution in [2.24, 2.45) is 5.92 Å². The number of nitrogens with zero attached hydrogens (tertiary/aromatic N) is 1. The van der Waals surface area contributed by atoms with Gasteiger partial charge in [0.2, 0.25) is 0 Å².